The molecule has 0 heteroatoms. The van der Waals surface area contributed by atoms with Crippen LogP contribution in [0.2, 0.25) is 0 Å². The average Bonchev–Trinajstić information content (AvgIpc) is 1.78. The van der Waals surface area contributed by atoms with Gasteiger partial charge in [-0.1, -0.05) is 47.0 Å². The lowest BCUT2D eigenvalue weighted by molar-refractivity contribution is 0.395. The van der Waals surface area contributed by atoms with E-state index in [1.807, 2.05) is 0 Å². The van der Waals surface area contributed by atoms with Crippen LogP contribution in [0.4, 0.5) is 0 Å². The van der Waals surface area contributed by atoms with E-state index >= 15 is 0 Å². The van der Waals surface area contributed by atoms with Crippen molar-refractivity contribution in [2.24, 2.45) is 11.3 Å². The highest BCUT2D eigenvalue weighted by Gasteiger charge is 2.08. The van der Waals surface area contributed by atoms with E-state index in [4.69, 9.17) is 0 Å². The molecule has 1 radical (unpaired) electrons. The molecule has 0 amide bonds. The molecule has 0 heterocycles. The second-order valence-electron chi connectivity index (χ2n) is 4.80. The molecule has 0 nitrogen and oxygen atoms in total. The van der Waals surface area contributed by atoms with Crippen LogP contribution in [0, 0.1) is 18.3 Å². The fourth-order valence-electron chi connectivity index (χ4n) is 1.16. The van der Waals surface area contributed by atoms with Crippen LogP contribution in [0.25, 0.3) is 0 Å². The summed E-state index contributed by atoms with van der Waals surface area (Å²) < 4.78 is 0. The molecule has 0 spiro atoms. The van der Waals surface area contributed by atoms with Crippen LogP contribution in [0.15, 0.2) is 0 Å². The van der Waals surface area contributed by atoms with E-state index in [-0.39, 0.29) is 5.41 Å². The molecule has 0 atom stereocenters. The lowest BCUT2D eigenvalue weighted by atomic mass is 9.89. The normalized spacial score (nSPS) is 12.5. The predicted octanol–water partition coefficient (Wildman–Crippen LogP) is 4.06. The molecule has 0 aliphatic carbocycles. The second kappa shape index (κ2) is 4.79. The van der Waals surface area contributed by atoms with Crippen molar-refractivity contribution in [3.63, 3.8) is 0 Å². The molecule has 0 bridgehead atoms. The van der Waals surface area contributed by atoms with Crippen LogP contribution in [0.5, 0.6) is 0 Å². The van der Waals surface area contributed by atoms with Crippen LogP contribution in [0.1, 0.15) is 53.4 Å². The first-order valence-corrected chi connectivity index (χ1v) is 4.77. The van der Waals surface area contributed by atoms with Crippen molar-refractivity contribution in [3.8, 4) is 0 Å². The Morgan fingerprint density at radius 3 is 2.09 bits per heavy atom. The van der Waals surface area contributed by atoms with Crippen molar-refractivity contribution in [1.29, 1.82) is 0 Å². The summed E-state index contributed by atoms with van der Waals surface area (Å²) in [6.45, 7) is 13.1. The van der Waals surface area contributed by atoms with Gasteiger partial charge in [0.1, 0.15) is 0 Å². The smallest absolute Gasteiger partial charge is 0.0354 e. The van der Waals surface area contributed by atoms with Crippen LogP contribution in [-0.2, 0) is 0 Å². The Morgan fingerprint density at radius 2 is 1.73 bits per heavy atom. The van der Waals surface area contributed by atoms with Crippen LogP contribution < -0.4 is 0 Å². The first-order valence-electron chi connectivity index (χ1n) is 4.77. The number of rotatable bonds is 5. The van der Waals surface area contributed by atoms with Gasteiger partial charge in [-0.25, -0.2) is 0 Å². The Kier molecular flexibility index (Phi) is 4.79. The summed E-state index contributed by atoms with van der Waals surface area (Å²) in [5.41, 5.74) is 0.289. The highest BCUT2D eigenvalue weighted by molar-refractivity contribution is 4.70. The maximum atomic E-state index is 4.09. The molecule has 0 unspecified atom stereocenters. The Hall–Kier alpha value is 0. The van der Waals surface area contributed by atoms with Crippen molar-refractivity contribution in [2.45, 2.75) is 53.4 Å². The molecular formula is C11H23. The van der Waals surface area contributed by atoms with Crippen LogP contribution >= 0.6 is 0 Å². The summed E-state index contributed by atoms with van der Waals surface area (Å²) in [6.07, 6.45) is 5.35. The van der Waals surface area contributed by atoms with Crippen molar-refractivity contribution in [3.05, 3.63) is 6.92 Å². The van der Waals surface area contributed by atoms with E-state index in [0.29, 0.717) is 0 Å². The van der Waals surface area contributed by atoms with Gasteiger partial charge in [-0.05, 0) is 24.7 Å². The van der Waals surface area contributed by atoms with Crippen molar-refractivity contribution in [1.82, 2.24) is 0 Å². The van der Waals surface area contributed by atoms with Crippen molar-refractivity contribution < 1.29 is 0 Å². The van der Waals surface area contributed by atoms with Gasteiger partial charge in [0.05, 0.1) is 0 Å². The molecule has 11 heavy (non-hydrogen) atoms. The Bertz CT molecular complexity index is 84.7. The lowest BCUT2D eigenvalue weighted by Gasteiger charge is -2.17. The van der Waals surface area contributed by atoms with Gasteiger partial charge < -0.3 is 0 Å². The zero-order valence-electron chi connectivity index (χ0n) is 8.61. The molecule has 0 aromatic carbocycles. The molecule has 0 aliphatic heterocycles. The molecule has 0 rings (SSSR count). The Morgan fingerprint density at radius 1 is 1.18 bits per heavy atom. The fraction of sp³-hybridized carbons (Fsp3) is 0.909. The first-order chi connectivity index (χ1) is 4.92. The van der Waals surface area contributed by atoms with Gasteiger partial charge in [0.15, 0.2) is 0 Å². The van der Waals surface area contributed by atoms with Crippen LogP contribution in [-0.4, -0.2) is 0 Å². The van der Waals surface area contributed by atoms with Gasteiger partial charge in [-0.3, -0.25) is 0 Å². The summed E-state index contributed by atoms with van der Waals surface area (Å²) in [4.78, 5) is 0. The highest BCUT2D eigenvalue weighted by atomic mass is 14.1. The monoisotopic (exact) mass is 155 g/mol. The minimum absolute atomic E-state index is 0.289. The molecule has 0 aromatic rings. The zero-order valence-corrected chi connectivity index (χ0v) is 8.61. The predicted molar refractivity (Wildman–Crippen MR) is 52.4 cm³/mol. The van der Waals surface area contributed by atoms with E-state index in [2.05, 4.69) is 34.6 Å². The summed E-state index contributed by atoms with van der Waals surface area (Å²) in [6, 6.07) is 0. The first kappa shape index (κ1) is 11.0. The summed E-state index contributed by atoms with van der Waals surface area (Å²) in [7, 11) is 0. The van der Waals surface area contributed by atoms with E-state index in [1.54, 1.807) is 0 Å². The number of hydrogen-bond donors (Lipinski definition) is 0. The minimum atomic E-state index is 0.289. The molecule has 0 saturated carbocycles. The maximum absolute atomic E-state index is 4.09. The van der Waals surface area contributed by atoms with Gasteiger partial charge >= 0.3 is 0 Å². The largest absolute Gasteiger partial charge is 0.0628 e. The SMILES string of the molecule is [CH2]C(C)(C)CCCCC(C)C. The minimum Gasteiger partial charge on any atom is -0.0628 e. The Balaban J connectivity index is 3.15. The van der Waals surface area contributed by atoms with Crippen molar-refractivity contribution >= 4 is 0 Å². The van der Waals surface area contributed by atoms with E-state index in [0.717, 1.165) is 5.92 Å². The van der Waals surface area contributed by atoms with E-state index < -0.39 is 0 Å². The molecule has 0 aromatic heterocycles. The fourth-order valence-corrected chi connectivity index (χ4v) is 1.16. The van der Waals surface area contributed by atoms with Gasteiger partial charge in [-0.2, -0.15) is 0 Å². The molecule has 0 saturated heterocycles. The zero-order chi connectivity index (χ0) is 8.91. The van der Waals surface area contributed by atoms with E-state index in [1.165, 1.54) is 25.7 Å². The van der Waals surface area contributed by atoms with Gasteiger partial charge in [0, 0.05) is 0 Å². The number of unbranched alkanes of at least 4 members (excludes halogenated alkanes) is 1. The number of hydrogen-bond acceptors (Lipinski definition) is 0. The third-order valence-electron chi connectivity index (χ3n) is 1.89. The molecule has 67 valence electrons. The lowest BCUT2D eigenvalue weighted by Crippen LogP contribution is -2.04. The maximum Gasteiger partial charge on any atom is -0.0354 e. The van der Waals surface area contributed by atoms with Gasteiger partial charge in [-0.15, -0.1) is 0 Å². The van der Waals surface area contributed by atoms with Crippen LogP contribution in [0.3, 0.4) is 0 Å². The molecule has 0 aliphatic rings. The van der Waals surface area contributed by atoms with Gasteiger partial charge in [0.2, 0.25) is 0 Å². The summed E-state index contributed by atoms with van der Waals surface area (Å²) >= 11 is 0. The van der Waals surface area contributed by atoms with E-state index in [9.17, 15) is 0 Å². The highest BCUT2D eigenvalue weighted by Crippen LogP contribution is 2.22. The van der Waals surface area contributed by atoms with Gasteiger partial charge in [0.25, 0.3) is 0 Å². The molecule has 0 N–H and O–H groups in total. The van der Waals surface area contributed by atoms with Crippen molar-refractivity contribution in [2.75, 3.05) is 0 Å². The molecular weight excluding hydrogens is 132 g/mol. The topological polar surface area (TPSA) is 0 Å². The third-order valence-corrected chi connectivity index (χ3v) is 1.89. The molecule has 0 fully saturated rings. The Labute approximate surface area is 72.4 Å². The second-order valence-corrected chi connectivity index (χ2v) is 4.80. The quantitative estimate of drug-likeness (QED) is 0.525. The average molecular weight is 155 g/mol. The standard InChI is InChI=1S/C11H23/c1-10(2)8-6-7-9-11(3,4)5/h10H,3,6-9H2,1-2,4-5H3. The third kappa shape index (κ3) is 10.0. The summed E-state index contributed by atoms with van der Waals surface area (Å²) in [5, 5.41) is 0. The summed E-state index contributed by atoms with van der Waals surface area (Å²) in [5.74, 6) is 0.864.